The number of amides is 1. The first-order valence-corrected chi connectivity index (χ1v) is 10.2. The summed E-state index contributed by atoms with van der Waals surface area (Å²) >= 11 is 0. The number of carbonyl (C=O) groups excluding carboxylic acids is 1. The average Bonchev–Trinajstić information content (AvgIpc) is 3.18. The third kappa shape index (κ3) is 4.21. The molecular weight excluding hydrogens is 364 g/mol. The summed E-state index contributed by atoms with van der Waals surface area (Å²) in [5.41, 5.74) is 2.27. The van der Waals surface area contributed by atoms with Crippen LogP contribution in [0.15, 0.2) is 12.1 Å². The van der Waals surface area contributed by atoms with Crippen LogP contribution in [0.3, 0.4) is 0 Å². The van der Waals surface area contributed by atoms with Gasteiger partial charge < -0.3 is 15.8 Å². The van der Waals surface area contributed by atoms with Crippen molar-refractivity contribution >= 4 is 5.91 Å². The van der Waals surface area contributed by atoms with Crippen LogP contribution in [0.25, 0.3) is 0 Å². The van der Waals surface area contributed by atoms with Gasteiger partial charge in [-0.25, -0.2) is 8.78 Å². The Morgan fingerprint density at radius 3 is 2.57 bits per heavy atom. The summed E-state index contributed by atoms with van der Waals surface area (Å²) in [6.07, 6.45) is 5.45. The van der Waals surface area contributed by atoms with E-state index in [0.29, 0.717) is 24.8 Å². The van der Waals surface area contributed by atoms with E-state index < -0.39 is 23.2 Å². The quantitative estimate of drug-likeness (QED) is 0.510. The molecule has 0 aromatic heterocycles. The molecule has 1 aromatic rings. The van der Waals surface area contributed by atoms with Gasteiger partial charge in [0.05, 0.1) is 6.04 Å². The summed E-state index contributed by atoms with van der Waals surface area (Å²) in [5.74, 6) is -1.58. The van der Waals surface area contributed by atoms with Crippen molar-refractivity contribution in [2.75, 3.05) is 13.6 Å². The Kier molecular flexibility index (Phi) is 6.68. The maximum Gasteiger partial charge on any atom is 0.223 e. The van der Waals surface area contributed by atoms with Gasteiger partial charge in [0, 0.05) is 17.0 Å². The number of hydroxylamine groups is 1. The highest BCUT2D eigenvalue weighted by Crippen LogP contribution is 2.42. The molecule has 1 aromatic carbocycles. The second-order valence-electron chi connectivity index (χ2n) is 8.47. The first kappa shape index (κ1) is 21.1. The van der Waals surface area contributed by atoms with Gasteiger partial charge in [0.15, 0.2) is 0 Å². The molecule has 5 nitrogen and oxygen atoms in total. The summed E-state index contributed by atoms with van der Waals surface area (Å²) in [4.78, 5) is 12.9. The van der Waals surface area contributed by atoms with Gasteiger partial charge in [-0.15, -0.1) is 0 Å². The van der Waals surface area contributed by atoms with Crippen molar-refractivity contribution in [1.29, 1.82) is 0 Å². The summed E-state index contributed by atoms with van der Waals surface area (Å²) in [6, 6.07) is 2.06. The largest absolute Gasteiger partial charge is 0.349 e. The van der Waals surface area contributed by atoms with Crippen LogP contribution in [0.4, 0.5) is 8.78 Å². The topological polar surface area (TPSA) is 73.4 Å². The maximum absolute atomic E-state index is 14.8. The van der Waals surface area contributed by atoms with E-state index in [9.17, 15) is 18.8 Å². The second-order valence-corrected chi connectivity index (χ2v) is 8.47. The molecule has 156 valence electrons. The van der Waals surface area contributed by atoms with Gasteiger partial charge in [-0.1, -0.05) is 18.9 Å². The normalized spacial score (nSPS) is 26.1. The molecule has 1 unspecified atom stereocenters. The first-order chi connectivity index (χ1) is 13.4. The lowest BCUT2D eigenvalue weighted by Gasteiger charge is -2.46. The molecule has 2 aliphatic carbocycles. The Balaban J connectivity index is 1.75. The molecule has 1 amide bonds. The minimum atomic E-state index is -0.649. The number of halogens is 2. The molecule has 0 bridgehead atoms. The maximum atomic E-state index is 14.8. The average molecular weight is 395 g/mol. The minimum Gasteiger partial charge on any atom is -0.349 e. The Morgan fingerprint density at radius 2 is 1.96 bits per heavy atom. The van der Waals surface area contributed by atoms with Gasteiger partial charge in [0.1, 0.15) is 11.6 Å². The molecule has 2 aliphatic rings. The number of carbonyl (C=O) groups is 1. The van der Waals surface area contributed by atoms with Gasteiger partial charge in [-0.3, -0.25) is 4.79 Å². The summed E-state index contributed by atoms with van der Waals surface area (Å²) in [7, 11) is 1.84. The third-order valence-electron chi connectivity index (χ3n) is 6.54. The highest BCUT2D eigenvalue weighted by Gasteiger charge is 2.47. The Bertz CT molecular complexity index is 701. The van der Waals surface area contributed by atoms with Gasteiger partial charge in [0.2, 0.25) is 5.91 Å². The van der Waals surface area contributed by atoms with E-state index in [0.717, 1.165) is 32.2 Å². The van der Waals surface area contributed by atoms with E-state index in [1.807, 2.05) is 7.05 Å². The first-order valence-electron chi connectivity index (χ1n) is 10.2. The molecule has 28 heavy (non-hydrogen) atoms. The zero-order chi connectivity index (χ0) is 20.3. The van der Waals surface area contributed by atoms with Crippen LogP contribution >= 0.6 is 0 Å². The molecule has 2 fully saturated rings. The number of hydrogen-bond donors (Lipinski definition) is 4. The van der Waals surface area contributed by atoms with E-state index >= 15 is 0 Å². The number of hydrogen-bond acceptors (Lipinski definition) is 4. The predicted octanol–water partition coefficient (Wildman–Crippen LogP) is 3.36. The SMILES string of the molecule is CNCCC1(NO)CC(C(=O)NC(c2c(F)ccc(C)c2F)C2CCCC2)C1. The molecular formula is C21H31F2N3O2. The molecule has 0 aliphatic heterocycles. The molecule has 0 radical (unpaired) electrons. The highest BCUT2D eigenvalue weighted by atomic mass is 19.1. The van der Waals surface area contributed by atoms with Crippen molar-refractivity contribution in [3.63, 3.8) is 0 Å². The van der Waals surface area contributed by atoms with Gasteiger partial charge in [0.25, 0.3) is 0 Å². The van der Waals surface area contributed by atoms with E-state index in [1.54, 1.807) is 6.92 Å². The standard InChI is InChI=1S/C21H31F2N3O2/c1-13-7-8-16(22)17(18(13)23)19(14-5-3-4-6-14)25-20(27)15-11-21(12-15,26-28)9-10-24-2/h7-8,14-15,19,24,26,28H,3-6,9-12H2,1-2H3,(H,25,27). The Labute approximate surface area is 165 Å². The van der Waals surface area contributed by atoms with Gasteiger partial charge in [-0.05, 0) is 70.2 Å². The van der Waals surface area contributed by atoms with E-state index in [4.69, 9.17) is 0 Å². The lowest BCUT2D eigenvalue weighted by Crippen LogP contribution is -2.59. The van der Waals surface area contributed by atoms with Crippen LogP contribution in [-0.4, -0.2) is 30.2 Å². The van der Waals surface area contributed by atoms with Crippen LogP contribution in [0, 0.1) is 30.4 Å². The van der Waals surface area contributed by atoms with Crippen LogP contribution in [0.2, 0.25) is 0 Å². The molecule has 2 saturated carbocycles. The summed E-state index contributed by atoms with van der Waals surface area (Å²) < 4.78 is 29.3. The van der Waals surface area contributed by atoms with E-state index in [2.05, 4.69) is 16.1 Å². The predicted molar refractivity (Wildman–Crippen MR) is 103 cm³/mol. The fourth-order valence-electron chi connectivity index (χ4n) is 4.74. The Morgan fingerprint density at radius 1 is 1.29 bits per heavy atom. The number of rotatable bonds is 8. The number of benzene rings is 1. The number of aryl methyl sites for hydroxylation is 1. The van der Waals surface area contributed by atoms with Crippen molar-refractivity contribution in [2.45, 2.75) is 63.5 Å². The lowest BCUT2D eigenvalue weighted by molar-refractivity contribution is -0.135. The van der Waals surface area contributed by atoms with Crippen molar-refractivity contribution in [1.82, 2.24) is 16.1 Å². The summed E-state index contributed by atoms with van der Waals surface area (Å²) in [5, 5.41) is 15.5. The molecule has 3 rings (SSSR count). The van der Waals surface area contributed by atoms with Crippen molar-refractivity contribution in [3.8, 4) is 0 Å². The molecule has 7 heteroatoms. The van der Waals surface area contributed by atoms with Gasteiger partial charge >= 0.3 is 0 Å². The summed E-state index contributed by atoms with van der Waals surface area (Å²) in [6.45, 7) is 2.34. The molecule has 1 atom stereocenters. The fourth-order valence-corrected chi connectivity index (χ4v) is 4.74. The van der Waals surface area contributed by atoms with Crippen molar-refractivity contribution in [3.05, 3.63) is 34.9 Å². The third-order valence-corrected chi connectivity index (χ3v) is 6.54. The Hall–Kier alpha value is -1.57. The fraction of sp³-hybridized carbons (Fsp3) is 0.667. The molecule has 0 spiro atoms. The molecule has 4 N–H and O–H groups in total. The van der Waals surface area contributed by atoms with Crippen LogP contribution in [0.5, 0.6) is 0 Å². The van der Waals surface area contributed by atoms with Crippen LogP contribution in [0.1, 0.15) is 62.1 Å². The van der Waals surface area contributed by atoms with Crippen LogP contribution < -0.4 is 16.1 Å². The second kappa shape index (κ2) is 8.84. The smallest absolute Gasteiger partial charge is 0.223 e. The zero-order valence-electron chi connectivity index (χ0n) is 16.7. The van der Waals surface area contributed by atoms with Crippen molar-refractivity contribution in [2.24, 2.45) is 11.8 Å². The molecule has 0 heterocycles. The van der Waals surface area contributed by atoms with Crippen LogP contribution in [-0.2, 0) is 4.79 Å². The van der Waals surface area contributed by atoms with E-state index in [-0.39, 0.29) is 23.3 Å². The monoisotopic (exact) mass is 395 g/mol. The minimum absolute atomic E-state index is 0.0127. The van der Waals surface area contributed by atoms with E-state index in [1.165, 1.54) is 12.1 Å². The number of nitrogens with one attached hydrogen (secondary N) is 3. The van der Waals surface area contributed by atoms with Gasteiger partial charge in [-0.2, -0.15) is 5.48 Å². The zero-order valence-corrected chi connectivity index (χ0v) is 16.7. The van der Waals surface area contributed by atoms with Crippen molar-refractivity contribution < 1.29 is 18.8 Å². The lowest BCUT2D eigenvalue weighted by atomic mass is 9.66. The molecule has 0 saturated heterocycles. The highest BCUT2D eigenvalue weighted by molar-refractivity contribution is 5.80.